The van der Waals surface area contributed by atoms with Gasteiger partial charge < -0.3 is 14.8 Å². The van der Waals surface area contributed by atoms with Crippen molar-refractivity contribution in [2.45, 2.75) is 12.5 Å². The molecule has 0 saturated carbocycles. The Kier molecular flexibility index (Phi) is 2.73. The van der Waals surface area contributed by atoms with Gasteiger partial charge in [-0.3, -0.25) is 0 Å². The van der Waals surface area contributed by atoms with Crippen LogP contribution in [0.4, 0.5) is 10.1 Å². The predicted octanol–water partition coefficient (Wildman–Crippen LogP) is 0.684. The third kappa shape index (κ3) is 2.02. The number of aromatic nitrogens is 1. The van der Waals surface area contributed by atoms with Crippen LogP contribution in [-0.2, 0) is 4.74 Å². The summed E-state index contributed by atoms with van der Waals surface area (Å²) in [4.78, 5) is 1.89. The van der Waals surface area contributed by atoms with Crippen molar-refractivity contribution < 1.29 is 13.9 Å². The Labute approximate surface area is 87.5 Å². The molecule has 1 aromatic heterocycles. The van der Waals surface area contributed by atoms with Crippen molar-refractivity contribution >= 4 is 5.69 Å². The standard InChI is InChI=1S/C10H13FN2O2/c1-15-8-2-4-12(6-8)10-3-5-13(14)7-9(10)11/h3,5,7-8H,2,4,6H2,1H3. The number of pyridine rings is 1. The average molecular weight is 212 g/mol. The molecule has 0 aromatic carbocycles. The molecule has 0 N–H and O–H groups in total. The van der Waals surface area contributed by atoms with E-state index in [1.165, 1.54) is 12.3 Å². The van der Waals surface area contributed by atoms with Gasteiger partial charge in [-0.25, -0.2) is 0 Å². The number of hydrogen-bond donors (Lipinski definition) is 0. The van der Waals surface area contributed by atoms with Gasteiger partial charge in [0.1, 0.15) is 0 Å². The summed E-state index contributed by atoms with van der Waals surface area (Å²) in [5, 5.41) is 10.8. The first-order valence-electron chi connectivity index (χ1n) is 4.87. The molecule has 1 aliphatic rings. The molecule has 0 bridgehead atoms. The maximum absolute atomic E-state index is 13.4. The van der Waals surface area contributed by atoms with Crippen molar-refractivity contribution in [3.8, 4) is 0 Å². The molecule has 1 fully saturated rings. The highest BCUT2D eigenvalue weighted by atomic mass is 19.1. The van der Waals surface area contributed by atoms with Crippen LogP contribution in [0.2, 0.25) is 0 Å². The fourth-order valence-electron chi connectivity index (χ4n) is 1.84. The largest absolute Gasteiger partial charge is 0.619 e. The summed E-state index contributed by atoms with van der Waals surface area (Å²) in [6, 6.07) is 1.50. The number of halogens is 1. The lowest BCUT2D eigenvalue weighted by molar-refractivity contribution is -0.607. The molecule has 2 heterocycles. The Morgan fingerprint density at radius 1 is 1.67 bits per heavy atom. The SMILES string of the molecule is COC1CCN(c2cc[n+]([O-])cc2F)C1. The first kappa shape index (κ1) is 10.2. The number of hydrogen-bond acceptors (Lipinski definition) is 3. The van der Waals surface area contributed by atoms with Crippen molar-refractivity contribution in [2.75, 3.05) is 25.1 Å². The Morgan fingerprint density at radius 3 is 3.07 bits per heavy atom. The highest BCUT2D eigenvalue weighted by Gasteiger charge is 2.24. The molecule has 2 rings (SSSR count). The first-order chi connectivity index (χ1) is 7.20. The number of rotatable bonds is 2. The maximum atomic E-state index is 13.4. The summed E-state index contributed by atoms with van der Waals surface area (Å²) in [7, 11) is 1.65. The number of anilines is 1. The lowest BCUT2D eigenvalue weighted by atomic mass is 10.3. The van der Waals surface area contributed by atoms with Gasteiger partial charge in [-0.2, -0.15) is 9.12 Å². The van der Waals surface area contributed by atoms with Gasteiger partial charge in [0, 0.05) is 26.3 Å². The summed E-state index contributed by atoms with van der Waals surface area (Å²) >= 11 is 0. The predicted molar refractivity (Wildman–Crippen MR) is 53.0 cm³/mol. The van der Waals surface area contributed by atoms with Crippen LogP contribution in [0, 0.1) is 11.0 Å². The smallest absolute Gasteiger partial charge is 0.218 e. The molecule has 1 saturated heterocycles. The van der Waals surface area contributed by atoms with Crippen molar-refractivity contribution in [1.82, 2.24) is 0 Å². The molecular formula is C10H13FN2O2. The zero-order valence-electron chi connectivity index (χ0n) is 8.52. The van der Waals surface area contributed by atoms with Crippen LogP contribution in [0.3, 0.4) is 0 Å². The van der Waals surface area contributed by atoms with Crippen LogP contribution in [-0.4, -0.2) is 26.3 Å². The Hall–Kier alpha value is -1.36. The third-order valence-electron chi connectivity index (χ3n) is 2.68. The summed E-state index contributed by atoms with van der Waals surface area (Å²) in [5.74, 6) is -0.482. The topological polar surface area (TPSA) is 39.4 Å². The van der Waals surface area contributed by atoms with Crippen molar-refractivity contribution in [3.05, 3.63) is 29.5 Å². The molecule has 5 heteroatoms. The van der Waals surface area contributed by atoms with Gasteiger partial charge in [0.15, 0.2) is 6.20 Å². The van der Waals surface area contributed by atoms with E-state index in [0.717, 1.165) is 19.2 Å². The van der Waals surface area contributed by atoms with Crippen molar-refractivity contribution in [2.24, 2.45) is 0 Å². The van der Waals surface area contributed by atoms with E-state index in [1.54, 1.807) is 7.11 Å². The summed E-state index contributed by atoms with van der Waals surface area (Å²) in [6.07, 6.45) is 3.29. The van der Waals surface area contributed by atoms with E-state index in [1.807, 2.05) is 4.90 Å². The van der Waals surface area contributed by atoms with E-state index in [2.05, 4.69) is 0 Å². The van der Waals surface area contributed by atoms with Crippen LogP contribution in [0.5, 0.6) is 0 Å². The molecule has 1 aromatic rings. The van der Waals surface area contributed by atoms with Gasteiger partial charge in [-0.05, 0) is 6.42 Å². The zero-order chi connectivity index (χ0) is 10.8. The van der Waals surface area contributed by atoms with E-state index < -0.39 is 5.82 Å². The fourth-order valence-corrected chi connectivity index (χ4v) is 1.84. The van der Waals surface area contributed by atoms with Crippen LogP contribution >= 0.6 is 0 Å². The van der Waals surface area contributed by atoms with E-state index in [-0.39, 0.29) is 6.10 Å². The molecule has 82 valence electrons. The maximum Gasteiger partial charge on any atom is 0.218 e. The minimum atomic E-state index is -0.482. The van der Waals surface area contributed by atoms with Crippen molar-refractivity contribution in [1.29, 1.82) is 0 Å². The fraction of sp³-hybridized carbons (Fsp3) is 0.500. The van der Waals surface area contributed by atoms with Gasteiger partial charge in [-0.15, -0.1) is 0 Å². The van der Waals surface area contributed by atoms with Crippen LogP contribution in [0.25, 0.3) is 0 Å². The molecule has 0 amide bonds. The summed E-state index contributed by atoms with van der Waals surface area (Å²) in [5.41, 5.74) is 0.474. The quantitative estimate of drug-likeness (QED) is 0.534. The molecule has 4 nitrogen and oxygen atoms in total. The average Bonchev–Trinajstić information content (AvgIpc) is 2.66. The molecule has 0 spiro atoms. The summed E-state index contributed by atoms with van der Waals surface area (Å²) in [6.45, 7) is 1.44. The molecule has 1 aliphatic heterocycles. The minimum Gasteiger partial charge on any atom is -0.619 e. The van der Waals surface area contributed by atoms with Crippen LogP contribution in [0.15, 0.2) is 18.5 Å². The van der Waals surface area contributed by atoms with Gasteiger partial charge in [0.2, 0.25) is 12.0 Å². The molecule has 1 atom stereocenters. The summed E-state index contributed by atoms with van der Waals surface area (Å²) < 4.78 is 19.1. The first-order valence-corrected chi connectivity index (χ1v) is 4.87. The second-order valence-corrected chi connectivity index (χ2v) is 3.63. The van der Waals surface area contributed by atoms with E-state index >= 15 is 0 Å². The van der Waals surface area contributed by atoms with Crippen molar-refractivity contribution in [3.63, 3.8) is 0 Å². The Bertz CT molecular complexity index is 359. The number of ether oxygens (including phenoxy) is 1. The Balaban J connectivity index is 2.17. The molecule has 0 aliphatic carbocycles. The lowest BCUT2D eigenvalue weighted by Gasteiger charge is -2.18. The molecular weight excluding hydrogens is 199 g/mol. The van der Waals surface area contributed by atoms with Gasteiger partial charge >= 0.3 is 0 Å². The van der Waals surface area contributed by atoms with E-state index in [0.29, 0.717) is 17.0 Å². The minimum absolute atomic E-state index is 0.156. The lowest BCUT2D eigenvalue weighted by Crippen LogP contribution is -2.29. The van der Waals surface area contributed by atoms with Crippen LogP contribution < -0.4 is 9.63 Å². The second kappa shape index (κ2) is 4.02. The highest BCUT2D eigenvalue weighted by molar-refractivity contribution is 5.46. The molecule has 1 unspecified atom stereocenters. The molecule has 15 heavy (non-hydrogen) atoms. The third-order valence-corrected chi connectivity index (χ3v) is 2.68. The van der Waals surface area contributed by atoms with Crippen LogP contribution in [0.1, 0.15) is 6.42 Å². The monoisotopic (exact) mass is 212 g/mol. The highest BCUT2D eigenvalue weighted by Crippen LogP contribution is 2.23. The Morgan fingerprint density at radius 2 is 2.47 bits per heavy atom. The van der Waals surface area contributed by atoms with Gasteiger partial charge in [0.05, 0.1) is 11.8 Å². The van der Waals surface area contributed by atoms with E-state index in [9.17, 15) is 9.60 Å². The second-order valence-electron chi connectivity index (χ2n) is 3.63. The number of methoxy groups -OCH3 is 1. The number of nitrogens with zero attached hydrogens (tertiary/aromatic N) is 2. The normalized spacial score (nSPS) is 20.9. The van der Waals surface area contributed by atoms with E-state index in [4.69, 9.17) is 4.74 Å². The van der Waals surface area contributed by atoms with Gasteiger partial charge in [0.25, 0.3) is 0 Å². The van der Waals surface area contributed by atoms with Gasteiger partial charge in [-0.1, -0.05) is 0 Å². The zero-order valence-corrected chi connectivity index (χ0v) is 8.52. The molecule has 0 radical (unpaired) electrons.